The topological polar surface area (TPSA) is 83.5 Å². The van der Waals surface area contributed by atoms with Gasteiger partial charge in [-0.3, -0.25) is 4.99 Å². The van der Waals surface area contributed by atoms with Crippen molar-refractivity contribution in [3.63, 3.8) is 0 Å². The Bertz CT molecular complexity index is 724. The van der Waals surface area contributed by atoms with Gasteiger partial charge in [0.25, 0.3) is 0 Å². The van der Waals surface area contributed by atoms with Crippen LogP contribution >= 0.6 is 0 Å². The molecule has 0 saturated carbocycles. The molecule has 0 atom stereocenters. The Morgan fingerprint density at radius 1 is 1.07 bits per heavy atom. The molecule has 0 fully saturated rings. The number of hydrogen-bond acceptors (Lipinski definition) is 5. The maximum Gasteiger partial charge on any atom is 0.433 e. The molecule has 3 N–H and O–H groups in total. The molecule has 0 radical (unpaired) electrons. The highest BCUT2D eigenvalue weighted by molar-refractivity contribution is 5.79. The number of alkyl halides is 3. The number of guanidine groups is 1. The van der Waals surface area contributed by atoms with Gasteiger partial charge in [0.15, 0.2) is 5.96 Å². The SMILES string of the molecule is CN=C(NCCNc1nccc(C(F)(F)F)n1)NCCOc1ccccc1. The zero-order valence-corrected chi connectivity index (χ0v) is 14.8. The normalized spacial score (nSPS) is 11.8. The largest absolute Gasteiger partial charge is 0.492 e. The summed E-state index contributed by atoms with van der Waals surface area (Å²) in [5.41, 5.74) is -0.983. The van der Waals surface area contributed by atoms with E-state index in [0.29, 0.717) is 32.2 Å². The lowest BCUT2D eigenvalue weighted by Gasteiger charge is -2.13. The molecule has 1 aromatic heterocycles. The Morgan fingerprint density at radius 3 is 2.52 bits per heavy atom. The monoisotopic (exact) mass is 382 g/mol. The highest BCUT2D eigenvalue weighted by Gasteiger charge is 2.32. The van der Waals surface area contributed by atoms with Gasteiger partial charge in [0.2, 0.25) is 5.95 Å². The van der Waals surface area contributed by atoms with Crippen LogP contribution in [0.4, 0.5) is 19.1 Å². The number of nitrogens with one attached hydrogen (secondary N) is 3. The van der Waals surface area contributed by atoms with Crippen LogP contribution in [-0.2, 0) is 6.18 Å². The average molecular weight is 382 g/mol. The van der Waals surface area contributed by atoms with Crippen LogP contribution in [-0.4, -0.2) is 49.2 Å². The van der Waals surface area contributed by atoms with Crippen molar-refractivity contribution in [2.45, 2.75) is 6.18 Å². The Balaban J connectivity index is 1.65. The number of rotatable bonds is 8. The minimum atomic E-state index is -4.49. The summed E-state index contributed by atoms with van der Waals surface area (Å²) in [4.78, 5) is 11.3. The second kappa shape index (κ2) is 10.2. The summed E-state index contributed by atoms with van der Waals surface area (Å²) in [6.45, 7) is 1.74. The molecule has 0 spiro atoms. The molecule has 1 aromatic carbocycles. The lowest BCUT2D eigenvalue weighted by molar-refractivity contribution is -0.141. The van der Waals surface area contributed by atoms with Gasteiger partial charge in [-0.2, -0.15) is 13.2 Å². The minimum Gasteiger partial charge on any atom is -0.492 e. The van der Waals surface area contributed by atoms with E-state index in [0.717, 1.165) is 18.0 Å². The van der Waals surface area contributed by atoms with Crippen molar-refractivity contribution in [2.75, 3.05) is 38.6 Å². The molecule has 0 aliphatic carbocycles. The number of nitrogens with zero attached hydrogens (tertiary/aromatic N) is 3. The first-order valence-electron chi connectivity index (χ1n) is 8.25. The minimum absolute atomic E-state index is 0.0779. The summed E-state index contributed by atoms with van der Waals surface area (Å²) in [6.07, 6.45) is -3.43. The summed E-state index contributed by atoms with van der Waals surface area (Å²) in [7, 11) is 1.62. The van der Waals surface area contributed by atoms with Crippen molar-refractivity contribution in [2.24, 2.45) is 4.99 Å². The smallest absolute Gasteiger partial charge is 0.433 e. The fourth-order valence-electron chi connectivity index (χ4n) is 2.03. The fourth-order valence-corrected chi connectivity index (χ4v) is 2.03. The molecule has 0 aliphatic rings. The quantitative estimate of drug-likeness (QED) is 0.369. The maximum atomic E-state index is 12.6. The Labute approximate surface area is 155 Å². The van der Waals surface area contributed by atoms with E-state index >= 15 is 0 Å². The number of benzene rings is 1. The molecule has 10 heteroatoms. The van der Waals surface area contributed by atoms with Gasteiger partial charge < -0.3 is 20.7 Å². The predicted molar refractivity (Wildman–Crippen MR) is 96.8 cm³/mol. The van der Waals surface area contributed by atoms with E-state index in [2.05, 4.69) is 30.9 Å². The highest BCUT2D eigenvalue weighted by atomic mass is 19.4. The van der Waals surface area contributed by atoms with E-state index in [-0.39, 0.29) is 5.95 Å². The summed E-state index contributed by atoms with van der Waals surface area (Å²) in [6, 6.07) is 10.3. The van der Waals surface area contributed by atoms with Crippen molar-refractivity contribution >= 4 is 11.9 Å². The molecule has 27 heavy (non-hydrogen) atoms. The van der Waals surface area contributed by atoms with Gasteiger partial charge in [0.1, 0.15) is 18.1 Å². The molecule has 1 heterocycles. The summed E-state index contributed by atoms with van der Waals surface area (Å²) in [5, 5.41) is 8.83. The molecule has 0 amide bonds. The number of aromatic nitrogens is 2. The van der Waals surface area contributed by atoms with E-state index in [1.54, 1.807) is 7.05 Å². The summed E-state index contributed by atoms with van der Waals surface area (Å²) in [5.74, 6) is 1.26. The second-order valence-electron chi connectivity index (χ2n) is 5.28. The Hall–Kier alpha value is -3.04. The number of halogens is 3. The van der Waals surface area contributed by atoms with E-state index in [1.165, 1.54) is 0 Å². The highest BCUT2D eigenvalue weighted by Crippen LogP contribution is 2.27. The molecule has 146 valence electrons. The van der Waals surface area contributed by atoms with Crippen LogP contribution in [0.25, 0.3) is 0 Å². The van der Waals surface area contributed by atoms with E-state index in [4.69, 9.17) is 4.74 Å². The third kappa shape index (κ3) is 7.38. The van der Waals surface area contributed by atoms with Gasteiger partial charge in [0, 0.05) is 26.3 Å². The first kappa shape index (κ1) is 20.3. The summed E-state index contributed by atoms with van der Waals surface area (Å²) >= 11 is 0. The average Bonchev–Trinajstić information content (AvgIpc) is 2.67. The van der Waals surface area contributed by atoms with Crippen LogP contribution < -0.4 is 20.7 Å². The zero-order valence-electron chi connectivity index (χ0n) is 14.8. The maximum absolute atomic E-state index is 12.6. The van der Waals surface area contributed by atoms with Crippen LogP contribution in [0.2, 0.25) is 0 Å². The Kier molecular flexibility index (Phi) is 7.65. The zero-order chi connectivity index (χ0) is 19.5. The number of aliphatic imine (C=N–C) groups is 1. The van der Waals surface area contributed by atoms with Gasteiger partial charge in [-0.15, -0.1) is 0 Å². The van der Waals surface area contributed by atoms with Crippen LogP contribution in [0.5, 0.6) is 5.75 Å². The van der Waals surface area contributed by atoms with Crippen LogP contribution in [0, 0.1) is 0 Å². The molecular weight excluding hydrogens is 361 g/mol. The lowest BCUT2D eigenvalue weighted by Crippen LogP contribution is -2.41. The molecule has 7 nitrogen and oxygen atoms in total. The van der Waals surface area contributed by atoms with E-state index in [1.807, 2.05) is 30.3 Å². The van der Waals surface area contributed by atoms with Crippen molar-refractivity contribution < 1.29 is 17.9 Å². The first-order valence-corrected chi connectivity index (χ1v) is 8.25. The third-order valence-electron chi connectivity index (χ3n) is 3.28. The van der Waals surface area contributed by atoms with Gasteiger partial charge in [-0.05, 0) is 18.2 Å². The molecule has 0 aliphatic heterocycles. The molecule has 0 unspecified atom stereocenters. The van der Waals surface area contributed by atoms with Crippen molar-refractivity contribution in [3.8, 4) is 5.75 Å². The van der Waals surface area contributed by atoms with Gasteiger partial charge in [0.05, 0.1) is 6.54 Å². The first-order chi connectivity index (χ1) is 13.0. The fraction of sp³-hybridized carbons (Fsp3) is 0.353. The third-order valence-corrected chi connectivity index (χ3v) is 3.28. The lowest BCUT2D eigenvalue weighted by atomic mass is 10.3. The van der Waals surface area contributed by atoms with Gasteiger partial charge in [-0.1, -0.05) is 18.2 Å². The van der Waals surface area contributed by atoms with E-state index < -0.39 is 11.9 Å². The van der Waals surface area contributed by atoms with Crippen molar-refractivity contribution in [3.05, 3.63) is 48.3 Å². The van der Waals surface area contributed by atoms with Crippen molar-refractivity contribution in [1.29, 1.82) is 0 Å². The number of anilines is 1. The molecule has 2 rings (SSSR count). The Morgan fingerprint density at radius 2 is 1.81 bits per heavy atom. The van der Waals surface area contributed by atoms with E-state index in [9.17, 15) is 13.2 Å². The second-order valence-corrected chi connectivity index (χ2v) is 5.28. The van der Waals surface area contributed by atoms with Crippen LogP contribution in [0.1, 0.15) is 5.69 Å². The van der Waals surface area contributed by atoms with Crippen LogP contribution in [0.3, 0.4) is 0 Å². The molecular formula is C17H21F3N6O. The standard InChI is InChI=1S/C17H21F3N6O/c1-21-15(25-11-12-27-13-5-3-2-4-6-13)23-9-10-24-16-22-8-7-14(26-16)17(18,19)20/h2-8H,9-12H2,1H3,(H2,21,23,25)(H,22,24,26). The molecule has 0 bridgehead atoms. The van der Waals surface area contributed by atoms with Crippen molar-refractivity contribution in [1.82, 2.24) is 20.6 Å². The summed E-state index contributed by atoms with van der Waals surface area (Å²) < 4.78 is 43.4. The molecule has 0 saturated heterocycles. The van der Waals surface area contributed by atoms with Gasteiger partial charge in [-0.25, -0.2) is 9.97 Å². The van der Waals surface area contributed by atoms with Crippen LogP contribution in [0.15, 0.2) is 47.6 Å². The number of hydrogen-bond donors (Lipinski definition) is 3. The molecule has 2 aromatic rings. The van der Waals surface area contributed by atoms with Gasteiger partial charge >= 0.3 is 6.18 Å². The number of para-hydroxylation sites is 1. The number of ether oxygens (including phenoxy) is 1. The predicted octanol–water partition coefficient (Wildman–Crippen LogP) is 2.15.